The van der Waals surface area contributed by atoms with Crippen molar-refractivity contribution < 1.29 is 9.50 Å². The van der Waals surface area contributed by atoms with Crippen molar-refractivity contribution in [3.05, 3.63) is 58.9 Å². The average Bonchev–Trinajstić information content (AvgIpc) is 2.28. The van der Waals surface area contributed by atoms with Crippen molar-refractivity contribution in [2.75, 3.05) is 0 Å². The van der Waals surface area contributed by atoms with Gasteiger partial charge in [-0.15, -0.1) is 0 Å². The molecule has 1 N–H and O–H groups in total. The van der Waals surface area contributed by atoms with Crippen molar-refractivity contribution in [3.8, 4) is 11.1 Å². The monoisotopic (exact) mass is 264 g/mol. The van der Waals surface area contributed by atoms with E-state index in [2.05, 4.69) is 0 Å². The van der Waals surface area contributed by atoms with Gasteiger partial charge >= 0.3 is 0 Å². The van der Waals surface area contributed by atoms with Crippen molar-refractivity contribution in [2.24, 2.45) is 0 Å². The van der Waals surface area contributed by atoms with Crippen LogP contribution in [0, 0.1) is 5.82 Å². The van der Waals surface area contributed by atoms with Crippen molar-refractivity contribution in [1.29, 1.82) is 0 Å². The lowest BCUT2D eigenvalue weighted by atomic mass is 9.89. The molecule has 0 aliphatic carbocycles. The van der Waals surface area contributed by atoms with Crippen LogP contribution in [0.5, 0.6) is 0 Å². The van der Waals surface area contributed by atoms with Crippen LogP contribution in [0.4, 0.5) is 4.39 Å². The van der Waals surface area contributed by atoms with Crippen LogP contribution in [0.15, 0.2) is 42.5 Å². The summed E-state index contributed by atoms with van der Waals surface area (Å²) in [6.07, 6.45) is 0. The molecular formula is C15H14ClFO. The maximum absolute atomic E-state index is 13.9. The van der Waals surface area contributed by atoms with Gasteiger partial charge in [0.05, 0.1) is 5.60 Å². The minimum atomic E-state index is -1.24. The van der Waals surface area contributed by atoms with Crippen LogP contribution in [0.2, 0.25) is 5.02 Å². The zero-order chi connectivity index (χ0) is 13.3. The van der Waals surface area contributed by atoms with Crippen molar-refractivity contribution in [1.82, 2.24) is 0 Å². The Labute approximate surface area is 111 Å². The molecule has 2 aromatic rings. The van der Waals surface area contributed by atoms with Gasteiger partial charge in [-0.25, -0.2) is 4.39 Å². The molecule has 0 atom stereocenters. The summed E-state index contributed by atoms with van der Waals surface area (Å²) in [5.74, 6) is -0.407. The summed E-state index contributed by atoms with van der Waals surface area (Å²) in [7, 11) is 0. The summed E-state index contributed by atoms with van der Waals surface area (Å²) < 4.78 is 13.9. The van der Waals surface area contributed by atoms with Gasteiger partial charge in [-0.05, 0) is 43.2 Å². The fraction of sp³-hybridized carbons (Fsp3) is 0.200. The third kappa shape index (κ3) is 2.55. The zero-order valence-corrected chi connectivity index (χ0v) is 11.0. The smallest absolute Gasteiger partial charge is 0.129 e. The number of benzene rings is 2. The summed E-state index contributed by atoms with van der Waals surface area (Å²) >= 11 is 5.84. The van der Waals surface area contributed by atoms with Gasteiger partial charge < -0.3 is 5.11 Å². The first-order valence-corrected chi connectivity index (χ1v) is 6.04. The van der Waals surface area contributed by atoms with Crippen LogP contribution >= 0.6 is 11.6 Å². The Morgan fingerprint density at radius 3 is 2.22 bits per heavy atom. The molecule has 0 aromatic heterocycles. The largest absolute Gasteiger partial charge is 0.386 e. The van der Waals surface area contributed by atoms with E-state index in [0.29, 0.717) is 16.1 Å². The number of halogens is 2. The Hall–Kier alpha value is -1.38. The Morgan fingerprint density at radius 2 is 1.67 bits per heavy atom. The normalized spacial score (nSPS) is 11.6. The molecule has 3 heteroatoms. The molecular weight excluding hydrogens is 251 g/mol. The maximum atomic E-state index is 13.9. The standard InChI is InChI=1S/C15H14ClFO/c1-15(2,18)14-12(4-3-5-13(14)17)10-6-8-11(16)9-7-10/h3-9,18H,1-2H3. The van der Waals surface area contributed by atoms with Crippen LogP contribution in [-0.4, -0.2) is 5.11 Å². The molecule has 0 heterocycles. The lowest BCUT2D eigenvalue weighted by molar-refractivity contribution is 0.0752. The first-order valence-electron chi connectivity index (χ1n) is 5.67. The first-order chi connectivity index (χ1) is 8.39. The summed E-state index contributed by atoms with van der Waals surface area (Å²) in [6, 6.07) is 11.9. The molecule has 0 spiro atoms. The third-order valence-corrected chi connectivity index (χ3v) is 3.03. The van der Waals surface area contributed by atoms with E-state index in [4.69, 9.17) is 11.6 Å². The Balaban J connectivity index is 2.65. The number of rotatable bonds is 2. The molecule has 1 nitrogen and oxygen atoms in total. The average molecular weight is 265 g/mol. The Bertz CT molecular complexity index is 556. The van der Waals surface area contributed by atoms with Gasteiger partial charge in [0.25, 0.3) is 0 Å². The predicted octanol–water partition coefficient (Wildman–Crippen LogP) is 4.37. The van der Waals surface area contributed by atoms with Gasteiger partial charge in [-0.2, -0.15) is 0 Å². The molecule has 0 radical (unpaired) electrons. The van der Waals surface area contributed by atoms with Crippen molar-refractivity contribution in [2.45, 2.75) is 19.4 Å². The molecule has 2 rings (SSSR count). The molecule has 0 aliphatic rings. The third-order valence-electron chi connectivity index (χ3n) is 2.78. The van der Waals surface area contributed by atoms with Crippen LogP contribution in [0.25, 0.3) is 11.1 Å². The summed E-state index contributed by atoms with van der Waals surface area (Å²) in [5, 5.41) is 10.7. The van der Waals surface area contributed by atoms with E-state index < -0.39 is 11.4 Å². The highest BCUT2D eigenvalue weighted by Crippen LogP contribution is 2.33. The van der Waals surface area contributed by atoms with Gasteiger partial charge in [-0.1, -0.05) is 35.9 Å². The van der Waals surface area contributed by atoms with E-state index in [-0.39, 0.29) is 0 Å². The fourth-order valence-electron chi connectivity index (χ4n) is 2.02. The number of aliphatic hydroxyl groups is 1. The quantitative estimate of drug-likeness (QED) is 0.854. The first kappa shape index (κ1) is 13.1. The van der Waals surface area contributed by atoms with E-state index >= 15 is 0 Å². The van der Waals surface area contributed by atoms with Gasteiger partial charge in [0.2, 0.25) is 0 Å². The lowest BCUT2D eigenvalue weighted by Crippen LogP contribution is -2.19. The molecule has 0 amide bonds. The highest BCUT2D eigenvalue weighted by molar-refractivity contribution is 6.30. The highest BCUT2D eigenvalue weighted by Gasteiger charge is 2.24. The second-order valence-electron chi connectivity index (χ2n) is 4.73. The molecule has 94 valence electrons. The minimum absolute atomic E-state index is 0.298. The van der Waals surface area contributed by atoms with Gasteiger partial charge in [0, 0.05) is 10.6 Å². The maximum Gasteiger partial charge on any atom is 0.129 e. The van der Waals surface area contributed by atoms with Crippen LogP contribution < -0.4 is 0 Å². The summed E-state index contributed by atoms with van der Waals surface area (Å²) in [4.78, 5) is 0. The highest BCUT2D eigenvalue weighted by atomic mass is 35.5. The SMILES string of the molecule is CC(C)(O)c1c(F)cccc1-c1ccc(Cl)cc1. The minimum Gasteiger partial charge on any atom is -0.386 e. The zero-order valence-electron chi connectivity index (χ0n) is 10.2. The van der Waals surface area contributed by atoms with Gasteiger partial charge in [-0.3, -0.25) is 0 Å². The Kier molecular flexibility index (Phi) is 3.42. The number of hydrogen-bond acceptors (Lipinski definition) is 1. The van der Waals surface area contributed by atoms with Gasteiger partial charge in [0.15, 0.2) is 0 Å². The molecule has 0 aliphatic heterocycles. The van der Waals surface area contributed by atoms with E-state index in [1.54, 1.807) is 38.1 Å². The molecule has 0 saturated heterocycles. The second kappa shape index (κ2) is 4.71. The molecule has 0 bridgehead atoms. The van der Waals surface area contributed by atoms with Crippen molar-refractivity contribution >= 4 is 11.6 Å². The number of hydrogen-bond donors (Lipinski definition) is 1. The molecule has 0 saturated carbocycles. The van der Waals surface area contributed by atoms with E-state index in [9.17, 15) is 9.50 Å². The summed E-state index contributed by atoms with van der Waals surface area (Å²) in [5.41, 5.74) is 0.572. The fourth-order valence-corrected chi connectivity index (χ4v) is 2.14. The summed E-state index contributed by atoms with van der Waals surface area (Å²) in [6.45, 7) is 3.15. The van der Waals surface area contributed by atoms with Gasteiger partial charge in [0.1, 0.15) is 5.82 Å². The molecule has 0 fully saturated rings. The van der Waals surface area contributed by atoms with Crippen LogP contribution in [-0.2, 0) is 5.60 Å². The predicted molar refractivity (Wildman–Crippen MR) is 72.1 cm³/mol. The van der Waals surface area contributed by atoms with E-state index in [1.807, 2.05) is 12.1 Å². The topological polar surface area (TPSA) is 20.2 Å². The van der Waals surface area contributed by atoms with Crippen LogP contribution in [0.3, 0.4) is 0 Å². The lowest BCUT2D eigenvalue weighted by Gasteiger charge is -2.22. The molecule has 0 unspecified atom stereocenters. The molecule has 2 aromatic carbocycles. The second-order valence-corrected chi connectivity index (χ2v) is 5.16. The van der Waals surface area contributed by atoms with E-state index in [1.165, 1.54) is 6.07 Å². The van der Waals surface area contributed by atoms with E-state index in [0.717, 1.165) is 5.56 Å². The van der Waals surface area contributed by atoms with Crippen LogP contribution in [0.1, 0.15) is 19.4 Å². The Morgan fingerprint density at radius 1 is 1.06 bits per heavy atom. The molecule has 18 heavy (non-hydrogen) atoms. The van der Waals surface area contributed by atoms with Crippen molar-refractivity contribution in [3.63, 3.8) is 0 Å².